The lowest BCUT2D eigenvalue weighted by atomic mass is 9.78. The molecular formula is C12H23. The Labute approximate surface area is 78.1 Å². The summed E-state index contributed by atoms with van der Waals surface area (Å²) >= 11 is 0. The Morgan fingerprint density at radius 2 is 1.92 bits per heavy atom. The van der Waals surface area contributed by atoms with Crippen molar-refractivity contribution in [1.29, 1.82) is 0 Å². The minimum Gasteiger partial charge on any atom is -0.0885 e. The summed E-state index contributed by atoms with van der Waals surface area (Å²) in [5, 5.41) is 0. The Balaban J connectivity index is 3.75. The van der Waals surface area contributed by atoms with Crippen LogP contribution in [0.4, 0.5) is 0 Å². The molecule has 0 aromatic rings. The van der Waals surface area contributed by atoms with E-state index in [1.54, 1.807) is 0 Å². The van der Waals surface area contributed by atoms with Crippen LogP contribution in [0.3, 0.4) is 0 Å². The van der Waals surface area contributed by atoms with Gasteiger partial charge in [-0.05, 0) is 31.1 Å². The van der Waals surface area contributed by atoms with Gasteiger partial charge >= 0.3 is 0 Å². The van der Waals surface area contributed by atoms with Crippen LogP contribution < -0.4 is 0 Å². The molecule has 0 bridgehead atoms. The van der Waals surface area contributed by atoms with E-state index in [4.69, 9.17) is 0 Å². The predicted molar refractivity (Wildman–Crippen MR) is 57.0 cm³/mol. The van der Waals surface area contributed by atoms with Gasteiger partial charge in [0.1, 0.15) is 0 Å². The van der Waals surface area contributed by atoms with Crippen LogP contribution in [0.5, 0.6) is 0 Å². The molecule has 0 aliphatic heterocycles. The first-order valence-corrected chi connectivity index (χ1v) is 4.98. The zero-order chi connectivity index (χ0) is 9.61. The lowest BCUT2D eigenvalue weighted by molar-refractivity contribution is 0.278. The minimum absolute atomic E-state index is 0.351. The molecule has 1 unspecified atom stereocenters. The Morgan fingerprint density at radius 3 is 2.33 bits per heavy atom. The van der Waals surface area contributed by atoms with E-state index in [1.807, 2.05) is 0 Å². The Morgan fingerprint density at radius 1 is 1.33 bits per heavy atom. The lowest BCUT2D eigenvalue weighted by Crippen LogP contribution is -2.17. The molecule has 0 fully saturated rings. The molecule has 0 rings (SSSR count). The quantitative estimate of drug-likeness (QED) is 0.537. The zero-order valence-corrected chi connectivity index (χ0v) is 9.06. The third kappa shape index (κ3) is 4.58. The highest BCUT2D eigenvalue weighted by molar-refractivity contribution is 4.89. The highest BCUT2D eigenvalue weighted by atomic mass is 14.2. The molecule has 0 aliphatic rings. The molecule has 0 aromatic heterocycles. The molecule has 0 amide bonds. The third-order valence-corrected chi connectivity index (χ3v) is 2.60. The summed E-state index contributed by atoms with van der Waals surface area (Å²) in [5.74, 6) is 0.517. The van der Waals surface area contributed by atoms with Gasteiger partial charge in [0.2, 0.25) is 0 Å². The second-order valence-electron chi connectivity index (χ2n) is 4.35. The number of allylic oxidation sites excluding steroid dienone is 2. The van der Waals surface area contributed by atoms with Crippen LogP contribution >= 0.6 is 0 Å². The number of hydrogen-bond donors (Lipinski definition) is 0. The standard InChI is InChI=1S/C12H23/c1-6-7-8-9-10-12(4,5)11(2)3/h8-9,11H,2,6-7,10H2,1,3-5H3/b9-8+. The van der Waals surface area contributed by atoms with Crippen molar-refractivity contribution >= 4 is 0 Å². The van der Waals surface area contributed by atoms with Gasteiger partial charge in [0.25, 0.3) is 0 Å². The predicted octanol–water partition coefficient (Wildman–Crippen LogP) is 4.23. The number of unbranched alkanes of at least 4 members (excludes halogenated alkanes) is 1. The molecule has 0 heteroatoms. The van der Waals surface area contributed by atoms with Crippen molar-refractivity contribution in [1.82, 2.24) is 0 Å². The number of rotatable bonds is 5. The second kappa shape index (κ2) is 5.40. The Kier molecular flexibility index (Phi) is 5.28. The van der Waals surface area contributed by atoms with Crippen molar-refractivity contribution < 1.29 is 0 Å². The van der Waals surface area contributed by atoms with Crippen LogP contribution in [-0.4, -0.2) is 0 Å². The maximum Gasteiger partial charge on any atom is -0.0294 e. The summed E-state index contributed by atoms with van der Waals surface area (Å²) in [5.41, 5.74) is 0.351. The molecule has 0 saturated carbocycles. The molecule has 0 heterocycles. The summed E-state index contributed by atoms with van der Waals surface area (Å²) in [6, 6.07) is 0. The van der Waals surface area contributed by atoms with Crippen molar-refractivity contribution in [2.24, 2.45) is 11.3 Å². The maximum atomic E-state index is 4.08. The zero-order valence-electron chi connectivity index (χ0n) is 9.06. The van der Waals surface area contributed by atoms with Crippen LogP contribution in [-0.2, 0) is 0 Å². The van der Waals surface area contributed by atoms with Gasteiger partial charge in [-0.2, -0.15) is 0 Å². The smallest absolute Gasteiger partial charge is 0.0294 e. The van der Waals surface area contributed by atoms with E-state index in [2.05, 4.69) is 46.8 Å². The van der Waals surface area contributed by atoms with E-state index in [0.717, 1.165) is 6.42 Å². The van der Waals surface area contributed by atoms with Gasteiger partial charge in [-0.15, -0.1) is 0 Å². The van der Waals surface area contributed by atoms with Crippen LogP contribution in [0.25, 0.3) is 0 Å². The summed E-state index contributed by atoms with van der Waals surface area (Å²) < 4.78 is 0. The first kappa shape index (κ1) is 11.7. The van der Waals surface area contributed by atoms with Gasteiger partial charge in [0.05, 0.1) is 0 Å². The molecular weight excluding hydrogens is 144 g/mol. The minimum atomic E-state index is 0.351. The van der Waals surface area contributed by atoms with Crippen molar-refractivity contribution in [3.63, 3.8) is 0 Å². The van der Waals surface area contributed by atoms with E-state index in [0.29, 0.717) is 11.3 Å². The van der Waals surface area contributed by atoms with E-state index in [-0.39, 0.29) is 0 Å². The molecule has 1 atom stereocenters. The average Bonchev–Trinajstić information content (AvgIpc) is 1.98. The normalized spacial score (nSPS) is 13.2. The van der Waals surface area contributed by atoms with Crippen LogP contribution in [0.2, 0.25) is 0 Å². The molecule has 0 N–H and O–H groups in total. The molecule has 1 radical (unpaired) electrons. The molecule has 0 aliphatic carbocycles. The summed E-state index contributed by atoms with van der Waals surface area (Å²) in [6.45, 7) is 13.0. The summed E-state index contributed by atoms with van der Waals surface area (Å²) in [4.78, 5) is 0. The number of hydrogen-bond acceptors (Lipinski definition) is 0. The maximum absolute atomic E-state index is 4.08. The van der Waals surface area contributed by atoms with Crippen molar-refractivity contribution in [3.05, 3.63) is 19.1 Å². The first-order chi connectivity index (χ1) is 5.50. The molecule has 0 aromatic carbocycles. The van der Waals surface area contributed by atoms with Gasteiger partial charge in [0.15, 0.2) is 0 Å². The van der Waals surface area contributed by atoms with E-state index >= 15 is 0 Å². The molecule has 71 valence electrons. The van der Waals surface area contributed by atoms with Gasteiger partial charge in [-0.1, -0.05) is 46.3 Å². The fourth-order valence-corrected chi connectivity index (χ4v) is 0.873. The SMILES string of the molecule is [CH2]C(C)C(C)(C)C/C=C/CCC. The van der Waals surface area contributed by atoms with Crippen molar-refractivity contribution in [3.8, 4) is 0 Å². The third-order valence-electron chi connectivity index (χ3n) is 2.60. The largest absolute Gasteiger partial charge is 0.0885 e. The topological polar surface area (TPSA) is 0 Å². The fourth-order valence-electron chi connectivity index (χ4n) is 0.873. The molecule has 0 spiro atoms. The fraction of sp³-hybridized carbons (Fsp3) is 0.750. The van der Waals surface area contributed by atoms with E-state index in [9.17, 15) is 0 Å². The first-order valence-electron chi connectivity index (χ1n) is 4.98. The van der Waals surface area contributed by atoms with Gasteiger partial charge in [-0.3, -0.25) is 0 Å². The highest BCUT2D eigenvalue weighted by Gasteiger charge is 2.19. The Hall–Kier alpha value is -0.260. The second-order valence-corrected chi connectivity index (χ2v) is 4.35. The van der Waals surface area contributed by atoms with Gasteiger partial charge in [0, 0.05) is 0 Å². The average molecular weight is 167 g/mol. The van der Waals surface area contributed by atoms with Crippen molar-refractivity contribution in [2.75, 3.05) is 0 Å². The van der Waals surface area contributed by atoms with E-state index < -0.39 is 0 Å². The highest BCUT2D eigenvalue weighted by Crippen LogP contribution is 2.29. The summed E-state index contributed by atoms with van der Waals surface area (Å²) in [6.07, 6.45) is 8.19. The lowest BCUT2D eigenvalue weighted by Gasteiger charge is -2.27. The monoisotopic (exact) mass is 167 g/mol. The van der Waals surface area contributed by atoms with E-state index in [1.165, 1.54) is 12.8 Å². The molecule has 0 nitrogen and oxygen atoms in total. The van der Waals surface area contributed by atoms with Gasteiger partial charge < -0.3 is 0 Å². The Bertz CT molecular complexity index is 129. The van der Waals surface area contributed by atoms with Crippen LogP contribution in [0.1, 0.15) is 47.0 Å². The summed E-state index contributed by atoms with van der Waals surface area (Å²) in [7, 11) is 0. The van der Waals surface area contributed by atoms with Gasteiger partial charge in [-0.25, -0.2) is 0 Å². The van der Waals surface area contributed by atoms with Crippen LogP contribution in [0, 0.1) is 18.3 Å². The van der Waals surface area contributed by atoms with Crippen molar-refractivity contribution in [2.45, 2.75) is 47.0 Å². The molecule has 0 saturated heterocycles. The molecule has 12 heavy (non-hydrogen) atoms. The van der Waals surface area contributed by atoms with Crippen LogP contribution in [0.15, 0.2) is 12.2 Å².